The zero-order chi connectivity index (χ0) is 21.5. The van der Waals surface area contributed by atoms with Crippen molar-refractivity contribution in [2.24, 2.45) is 16.0 Å². The number of hydrazone groups is 1. The molecule has 3 amide bonds. The number of aliphatic imine (C=N–C) groups is 1. The summed E-state index contributed by atoms with van der Waals surface area (Å²) in [6, 6.07) is 4.22. The van der Waals surface area contributed by atoms with Crippen molar-refractivity contribution < 1.29 is 14.0 Å². The number of halogens is 2. The van der Waals surface area contributed by atoms with Gasteiger partial charge in [-0.15, -0.1) is 0 Å². The Balaban J connectivity index is 1.38. The molecule has 2 fully saturated rings. The molecule has 0 spiro atoms. The van der Waals surface area contributed by atoms with Crippen molar-refractivity contribution in [1.82, 2.24) is 26.3 Å². The Morgan fingerprint density at radius 1 is 1.29 bits per heavy atom. The second-order valence-corrected chi connectivity index (χ2v) is 8.08. The highest BCUT2D eigenvalue weighted by molar-refractivity contribution is 6.30. The third kappa shape index (κ3) is 4.11. The highest BCUT2D eigenvalue weighted by Crippen LogP contribution is 2.30. The van der Waals surface area contributed by atoms with Crippen molar-refractivity contribution in [2.45, 2.75) is 31.6 Å². The summed E-state index contributed by atoms with van der Waals surface area (Å²) in [4.78, 5) is 28.0. The molecule has 4 aliphatic rings. The van der Waals surface area contributed by atoms with Crippen LogP contribution < -0.4 is 21.3 Å². The first kappa shape index (κ1) is 19.6. The Hall–Kier alpha value is -3.40. The largest absolute Gasteiger partial charge is 0.367 e. The number of hydrogen-bond acceptors (Lipinski definition) is 7. The number of carbonyl (C=O) groups is 2. The van der Waals surface area contributed by atoms with Crippen LogP contribution in [0.4, 0.5) is 9.18 Å². The number of urea groups is 1. The van der Waals surface area contributed by atoms with Crippen LogP contribution in [0, 0.1) is 11.7 Å². The normalized spacial score (nSPS) is 25.7. The van der Waals surface area contributed by atoms with Crippen LogP contribution >= 0.6 is 11.6 Å². The molecule has 4 N–H and O–H groups in total. The predicted octanol–water partition coefficient (Wildman–Crippen LogP) is 1.54. The van der Waals surface area contributed by atoms with Gasteiger partial charge in [0.1, 0.15) is 23.2 Å². The number of amidine groups is 1. The number of fused-ring (bicyclic) bond motifs is 1. The molecular weight excluding hydrogens is 425 g/mol. The Kier molecular flexibility index (Phi) is 4.85. The van der Waals surface area contributed by atoms with Gasteiger partial charge >= 0.3 is 6.03 Å². The Bertz CT molecular complexity index is 1080. The topological polar surface area (TPSA) is 110 Å². The molecule has 0 bridgehead atoms. The van der Waals surface area contributed by atoms with E-state index in [9.17, 15) is 14.0 Å². The molecule has 9 nitrogen and oxygen atoms in total. The van der Waals surface area contributed by atoms with E-state index < -0.39 is 18.1 Å². The highest BCUT2D eigenvalue weighted by atomic mass is 35.5. The molecule has 1 saturated heterocycles. The smallest absolute Gasteiger partial charge is 0.326 e. The minimum atomic E-state index is -0.558. The van der Waals surface area contributed by atoms with Crippen molar-refractivity contribution in [3.8, 4) is 0 Å². The van der Waals surface area contributed by atoms with Gasteiger partial charge in [-0.05, 0) is 37.1 Å². The summed E-state index contributed by atoms with van der Waals surface area (Å²) in [5.74, 6) is 0.137. The lowest BCUT2D eigenvalue weighted by Crippen LogP contribution is -2.42. The Labute approximate surface area is 182 Å². The molecule has 11 heteroatoms. The first-order valence-electron chi connectivity index (χ1n) is 9.87. The molecule has 160 valence electrons. The fourth-order valence-corrected chi connectivity index (χ4v) is 3.70. The number of hydrogen-bond donors (Lipinski definition) is 4. The van der Waals surface area contributed by atoms with Gasteiger partial charge in [0.2, 0.25) is 0 Å². The lowest BCUT2D eigenvalue weighted by Gasteiger charge is -2.30. The summed E-state index contributed by atoms with van der Waals surface area (Å²) in [6.07, 6.45) is 6.84. The minimum absolute atomic E-state index is 0.167. The summed E-state index contributed by atoms with van der Waals surface area (Å²) < 4.78 is 14.1. The quantitative estimate of drug-likeness (QED) is 0.407. The zero-order valence-corrected chi connectivity index (χ0v) is 17.0. The maximum Gasteiger partial charge on any atom is 0.326 e. The Morgan fingerprint density at radius 3 is 2.87 bits per heavy atom. The van der Waals surface area contributed by atoms with Crippen LogP contribution in [0.25, 0.3) is 0 Å². The molecule has 3 aliphatic heterocycles. The number of imide groups is 1. The SMILES string of the molecule is O=C1NC(=O)/C(=C/C2C=NN3C(NC4CC4)=CC(NCc4cc(Cl)ccc4F)=NC23)N1. The van der Waals surface area contributed by atoms with Gasteiger partial charge in [-0.2, -0.15) is 5.10 Å². The predicted molar refractivity (Wildman–Crippen MR) is 112 cm³/mol. The number of rotatable bonds is 5. The second-order valence-electron chi connectivity index (χ2n) is 7.64. The van der Waals surface area contributed by atoms with Crippen molar-refractivity contribution in [2.75, 3.05) is 0 Å². The number of nitrogens with zero attached hydrogens (tertiary/aromatic N) is 3. The van der Waals surface area contributed by atoms with E-state index in [2.05, 4.69) is 26.4 Å². The number of amides is 3. The van der Waals surface area contributed by atoms with E-state index >= 15 is 0 Å². The van der Waals surface area contributed by atoms with Crippen LogP contribution in [0.2, 0.25) is 5.02 Å². The van der Waals surface area contributed by atoms with Crippen LogP contribution in [-0.4, -0.2) is 41.2 Å². The Morgan fingerprint density at radius 2 is 2.13 bits per heavy atom. The van der Waals surface area contributed by atoms with Crippen LogP contribution in [0.1, 0.15) is 18.4 Å². The fraction of sp³-hybridized carbons (Fsp3) is 0.300. The van der Waals surface area contributed by atoms with E-state index in [1.807, 2.05) is 6.08 Å². The van der Waals surface area contributed by atoms with E-state index in [1.165, 1.54) is 12.1 Å². The molecule has 31 heavy (non-hydrogen) atoms. The van der Waals surface area contributed by atoms with Gasteiger partial charge < -0.3 is 16.0 Å². The van der Waals surface area contributed by atoms with Crippen LogP contribution in [-0.2, 0) is 11.3 Å². The van der Waals surface area contributed by atoms with Crippen molar-refractivity contribution in [1.29, 1.82) is 0 Å². The summed E-state index contributed by atoms with van der Waals surface area (Å²) in [7, 11) is 0. The second kappa shape index (κ2) is 7.69. The van der Waals surface area contributed by atoms with Gasteiger partial charge in [0.15, 0.2) is 6.17 Å². The molecule has 2 unspecified atom stereocenters. The maximum absolute atomic E-state index is 14.1. The van der Waals surface area contributed by atoms with E-state index in [0.717, 1.165) is 18.7 Å². The minimum Gasteiger partial charge on any atom is -0.367 e. The van der Waals surface area contributed by atoms with E-state index in [4.69, 9.17) is 16.6 Å². The average Bonchev–Trinajstić information content (AvgIpc) is 3.37. The number of nitrogens with one attached hydrogen (secondary N) is 4. The zero-order valence-electron chi connectivity index (χ0n) is 16.2. The molecule has 3 heterocycles. The molecular formula is C20H19ClFN7O2. The highest BCUT2D eigenvalue weighted by Gasteiger charge is 2.38. The first-order chi connectivity index (χ1) is 15.0. The molecule has 1 saturated carbocycles. The number of carbonyl (C=O) groups excluding carboxylic acids is 2. The molecule has 1 aliphatic carbocycles. The van der Waals surface area contributed by atoms with Crippen molar-refractivity contribution >= 4 is 35.6 Å². The van der Waals surface area contributed by atoms with Gasteiger partial charge in [0.25, 0.3) is 5.91 Å². The summed E-state index contributed by atoms with van der Waals surface area (Å²) in [6.45, 7) is 0.205. The van der Waals surface area contributed by atoms with Gasteiger partial charge in [0, 0.05) is 35.5 Å². The monoisotopic (exact) mass is 443 g/mol. The van der Waals surface area contributed by atoms with E-state index in [1.54, 1.807) is 23.4 Å². The van der Waals surface area contributed by atoms with Gasteiger partial charge in [-0.3, -0.25) is 10.1 Å². The van der Waals surface area contributed by atoms with Crippen LogP contribution in [0.3, 0.4) is 0 Å². The summed E-state index contributed by atoms with van der Waals surface area (Å²) in [5, 5.41) is 17.9. The molecule has 1 aromatic rings. The lowest BCUT2D eigenvalue weighted by molar-refractivity contribution is -0.115. The van der Waals surface area contributed by atoms with Gasteiger partial charge in [-0.1, -0.05) is 11.6 Å². The maximum atomic E-state index is 14.1. The molecule has 1 aromatic carbocycles. The van der Waals surface area contributed by atoms with Crippen LogP contribution in [0.5, 0.6) is 0 Å². The first-order valence-corrected chi connectivity index (χ1v) is 10.3. The van der Waals surface area contributed by atoms with Crippen molar-refractivity contribution in [3.05, 3.63) is 58.3 Å². The van der Waals surface area contributed by atoms with Gasteiger partial charge in [-0.25, -0.2) is 19.2 Å². The third-order valence-corrected chi connectivity index (χ3v) is 5.46. The lowest BCUT2D eigenvalue weighted by atomic mass is 10.1. The summed E-state index contributed by atoms with van der Waals surface area (Å²) >= 11 is 5.98. The molecule has 5 rings (SSSR count). The summed E-state index contributed by atoms with van der Waals surface area (Å²) in [5.41, 5.74) is 0.592. The average molecular weight is 444 g/mol. The standard InChI is InChI=1S/C20H19ClFN7O2/c21-12-1-4-14(22)10(5-12)8-23-16-7-17(25-13-2-3-13)29-18(27-16)11(9-24-29)6-15-19(30)28-20(31)26-15/h1,4-7,9,11,13,18,25H,2-3,8H2,(H,23,27)(H2,26,28,30,31)/b15-6-. The molecule has 0 radical (unpaired) electrons. The third-order valence-electron chi connectivity index (χ3n) is 5.23. The fourth-order valence-electron chi connectivity index (χ4n) is 3.50. The van der Waals surface area contributed by atoms with E-state index in [-0.39, 0.29) is 24.0 Å². The number of benzene rings is 1. The van der Waals surface area contributed by atoms with Gasteiger partial charge in [0.05, 0.1) is 5.92 Å². The van der Waals surface area contributed by atoms with E-state index in [0.29, 0.717) is 22.5 Å². The molecule has 0 aromatic heterocycles. The molecule has 2 atom stereocenters. The van der Waals surface area contributed by atoms with Crippen LogP contribution in [0.15, 0.2) is 52.0 Å². The van der Waals surface area contributed by atoms with Crippen molar-refractivity contribution in [3.63, 3.8) is 0 Å².